The number of carboxylic acids is 1. The summed E-state index contributed by atoms with van der Waals surface area (Å²) in [5.74, 6) is -0.953. The predicted octanol–water partition coefficient (Wildman–Crippen LogP) is 3.38. The molecule has 0 aromatic carbocycles. The van der Waals surface area contributed by atoms with Crippen LogP contribution in [0.5, 0.6) is 0 Å². The first-order chi connectivity index (χ1) is 12.2. The summed E-state index contributed by atoms with van der Waals surface area (Å²) in [7, 11) is 0. The summed E-state index contributed by atoms with van der Waals surface area (Å²) in [6, 6.07) is 2.96. The smallest absolute Gasteiger partial charge is 0.309 e. The minimum Gasteiger partial charge on any atom is -0.481 e. The second kappa shape index (κ2) is 8.52. The quantitative estimate of drug-likeness (QED) is 0.763. The summed E-state index contributed by atoms with van der Waals surface area (Å²) in [5.41, 5.74) is 0. The Labute approximate surface area is 148 Å². The van der Waals surface area contributed by atoms with Gasteiger partial charge in [0.25, 0.3) is 0 Å². The molecule has 1 saturated heterocycles. The largest absolute Gasteiger partial charge is 0.481 e. The van der Waals surface area contributed by atoms with Crippen LogP contribution in [-0.2, 0) is 14.3 Å². The van der Waals surface area contributed by atoms with Gasteiger partial charge >= 0.3 is 5.97 Å². The summed E-state index contributed by atoms with van der Waals surface area (Å²) in [4.78, 5) is 25.7. The summed E-state index contributed by atoms with van der Waals surface area (Å²) in [5, 5.41) is 9.55. The predicted molar refractivity (Wildman–Crippen MR) is 91.0 cm³/mol. The molecule has 1 aliphatic carbocycles. The zero-order valence-corrected chi connectivity index (χ0v) is 14.6. The van der Waals surface area contributed by atoms with Crippen molar-refractivity contribution < 1.29 is 23.8 Å². The van der Waals surface area contributed by atoms with Crippen LogP contribution in [0.1, 0.15) is 63.2 Å². The molecule has 1 saturated carbocycles. The molecule has 2 atom stereocenters. The van der Waals surface area contributed by atoms with Gasteiger partial charge in [-0.25, -0.2) is 0 Å². The average molecular weight is 349 g/mol. The van der Waals surface area contributed by atoms with Crippen LogP contribution in [0.15, 0.2) is 22.8 Å². The molecule has 1 N–H and O–H groups in total. The molecule has 1 amide bonds. The van der Waals surface area contributed by atoms with Gasteiger partial charge in [-0.15, -0.1) is 0 Å². The van der Waals surface area contributed by atoms with Crippen molar-refractivity contribution in [1.29, 1.82) is 0 Å². The van der Waals surface area contributed by atoms with E-state index in [2.05, 4.69) is 0 Å². The number of nitrogens with zero attached hydrogens (tertiary/aromatic N) is 1. The molecule has 1 aromatic heterocycles. The van der Waals surface area contributed by atoms with E-state index in [1.54, 1.807) is 17.0 Å². The van der Waals surface area contributed by atoms with Gasteiger partial charge in [-0.05, 0) is 37.8 Å². The minimum absolute atomic E-state index is 0.00318. The molecule has 0 radical (unpaired) electrons. The maximum absolute atomic E-state index is 12.4. The molecular formula is C19H27NO5. The Hall–Kier alpha value is -1.82. The van der Waals surface area contributed by atoms with Gasteiger partial charge in [-0.2, -0.15) is 0 Å². The Morgan fingerprint density at radius 2 is 2.08 bits per heavy atom. The van der Waals surface area contributed by atoms with E-state index in [1.165, 1.54) is 25.5 Å². The summed E-state index contributed by atoms with van der Waals surface area (Å²) in [6.45, 7) is 1.11. The molecule has 2 fully saturated rings. The first kappa shape index (κ1) is 18.0. The lowest BCUT2D eigenvalue weighted by molar-refractivity contribution is -0.153. The second-order valence-electron chi connectivity index (χ2n) is 7.02. The Morgan fingerprint density at radius 3 is 2.76 bits per heavy atom. The van der Waals surface area contributed by atoms with Crippen LogP contribution in [0.4, 0.5) is 0 Å². The van der Waals surface area contributed by atoms with Crippen LogP contribution in [0.2, 0.25) is 0 Å². The molecule has 1 aliphatic heterocycles. The topological polar surface area (TPSA) is 80.0 Å². The number of rotatable bonds is 7. The van der Waals surface area contributed by atoms with E-state index in [-0.39, 0.29) is 12.3 Å². The summed E-state index contributed by atoms with van der Waals surface area (Å²) >= 11 is 0. The second-order valence-corrected chi connectivity index (χ2v) is 7.02. The van der Waals surface area contributed by atoms with Crippen molar-refractivity contribution >= 4 is 11.9 Å². The minimum atomic E-state index is -0.877. The van der Waals surface area contributed by atoms with E-state index in [1.807, 2.05) is 0 Å². The lowest BCUT2D eigenvalue weighted by Gasteiger charge is -2.38. The lowest BCUT2D eigenvalue weighted by Crippen LogP contribution is -2.45. The number of carbonyl (C=O) groups is 2. The van der Waals surface area contributed by atoms with Crippen molar-refractivity contribution in [3.8, 4) is 0 Å². The van der Waals surface area contributed by atoms with Crippen molar-refractivity contribution in [2.24, 2.45) is 5.92 Å². The van der Waals surface area contributed by atoms with Crippen LogP contribution in [0.25, 0.3) is 0 Å². The zero-order chi connectivity index (χ0) is 17.6. The Bertz CT molecular complexity index is 564. The van der Waals surface area contributed by atoms with Crippen molar-refractivity contribution in [2.75, 3.05) is 13.2 Å². The van der Waals surface area contributed by atoms with Crippen LogP contribution >= 0.6 is 0 Å². The molecule has 0 unspecified atom stereocenters. The van der Waals surface area contributed by atoms with Gasteiger partial charge in [0.15, 0.2) is 0 Å². The molecule has 2 heterocycles. The van der Waals surface area contributed by atoms with E-state index < -0.39 is 17.9 Å². The molecule has 0 bridgehead atoms. The van der Waals surface area contributed by atoms with Gasteiger partial charge in [0.2, 0.25) is 5.91 Å². The third-order valence-electron chi connectivity index (χ3n) is 5.31. The Balaban J connectivity index is 1.59. The van der Waals surface area contributed by atoms with Gasteiger partial charge in [0.1, 0.15) is 11.8 Å². The molecule has 138 valence electrons. The molecular weight excluding hydrogens is 322 g/mol. The van der Waals surface area contributed by atoms with E-state index in [0.29, 0.717) is 37.9 Å². The maximum Gasteiger partial charge on any atom is 0.309 e. The SMILES string of the molecule is O=C(O)[C@@H]1CCC(=O)N(CCCOC2CCCCC2)[C@@H]1c1ccco1. The number of hydrogen-bond donors (Lipinski definition) is 1. The number of carboxylic acid groups (broad SMARTS) is 1. The number of amides is 1. The van der Waals surface area contributed by atoms with Crippen molar-refractivity contribution in [2.45, 2.75) is 63.5 Å². The average Bonchev–Trinajstić information content (AvgIpc) is 3.14. The van der Waals surface area contributed by atoms with E-state index in [9.17, 15) is 14.7 Å². The molecule has 25 heavy (non-hydrogen) atoms. The highest BCUT2D eigenvalue weighted by atomic mass is 16.5. The van der Waals surface area contributed by atoms with Crippen molar-refractivity contribution in [3.05, 3.63) is 24.2 Å². The summed E-state index contributed by atoms with van der Waals surface area (Å²) < 4.78 is 11.4. The molecule has 3 rings (SSSR count). The number of aliphatic carboxylic acids is 1. The maximum atomic E-state index is 12.4. The van der Waals surface area contributed by atoms with E-state index >= 15 is 0 Å². The third kappa shape index (κ3) is 4.42. The Kier molecular flexibility index (Phi) is 6.13. The van der Waals surface area contributed by atoms with Gasteiger partial charge < -0.3 is 19.2 Å². The molecule has 1 aromatic rings. The van der Waals surface area contributed by atoms with Gasteiger partial charge in [0.05, 0.1) is 18.3 Å². The summed E-state index contributed by atoms with van der Waals surface area (Å²) in [6.07, 6.45) is 9.22. The first-order valence-corrected chi connectivity index (χ1v) is 9.34. The fourth-order valence-electron chi connectivity index (χ4n) is 4.00. The van der Waals surface area contributed by atoms with Crippen molar-refractivity contribution in [1.82, 2.24) is 4.90 Å². The normalized spacial score (nSPS) is 25.3. The zero-order valence-electron chi connectivity index (χ0n) is 14.6. The number of piperidine rings is 1. The van der Waals surface area contributed by atoms with Gasteiger partial charge in [0, 0.05) is 19.6 Å². The number of carbonyl (C=O) groups excluding carboxylic acids is 1. The van der Waals surface area contributed by atoms with Gasteiger partial charge in [-0.3, -0.25) is 9.59 Å². The molecule has 6 heteroatoms. The molecule has 2 aliphatic rings. The van der Waals surface area contributed by atoms with Crippen molar-refractivity contribution in [3.63, 3.8) is 0 Å². The monoisotopic (exact) mass is 349 g/mol. The fraction of sp³-hybridized carbons (Fsp3) is 0.684. The highest BCUT2D eigenvalue weighted by molar-refractivity contribution is 5.81. The van der Waals surface area contributed by atoms with Crippen LogP contribution < -0.4 is 0 Å². The number of likely N-dealkylation sites (tertiary alicyclic amines) is 1. The number of ether oxygens (including phenoxy) is 1. The van der Waals surface area contributed by atoms with Crippen LogP contribution in [0.3, 0.4) is 0 Å². The highest BCUT2D eigenvalue weighted by Gasteiger charge is 2.41. The molecule has 0 spiro atoms. The van der Waals surface area contributed by atoms with Gasteiger partial charge in [-0.1, -0.05) is 19.3 Å². The first-order valence-electron chi connectivity index (χ1n) is 9.34. The lowest BCUT2D eigenvalue weighted by atomic mass is 9.87. The highest BCUT2D eigenvalue weighted by Crippen LogP contribution is 2.37. The number of hydrogen-bond acceptors (Lipinski definition) is 4. The van der Waals surface area contributed by atoms with Crippen LogP contribution in [-0.4, -0.2) is 41.1 Å². The molecule has 6 nitrogen and oxygen atoms in total. The standard InChI is InChI=1S/C19H27NO5/c21-17-10-9-15(19(22)23)18(16-8-4-12-25-16)20(17)11-5-13-24-14-6-2-1-3-7-14/h4,8,12,14-15,18H,1-3,5-7,9-11,13H2,(H,22,23)/t15-,18+/m1/s1. The third-order valence-corrected chi connectivity index (χ3v) is 5.31. The van der Waals surface area contributed by atoms with E-state index in [0.717, 1.165) is 12.8 Å². The Morgan fingerprint density at radius 1 is 1.28 bits per heavy atom. The van der Waals surface area contributed by atoms with Crippen LogP contribution in [0, 0.1) is 5.92 Å². The number of furan rings is 1. The van der Waals surface area contributed by atoms with E-state index in [4.69, 9.17) is 9.15 Å². The fourth-order valence-corrected chi connectivity index (χ4v) is 4.00.